The molecule has 0 saturated heterocycles. The van der Waals surface area contributed by atoms with Crippen LogP contribution in [0.1, 0.15) is 11.3 Å². The molecule has 5 nitrogen and oxygen atoms in total. The summed E-state index contributed by atoms with van der Waals surface area (Å²) in [6.07, 6.45) is 0. The van der Waals surface area contributed by atoms with Crippen molar-refractivity contribution >= 4 is 5.69 Å². The summed E-state index contributed by atoms with van der Waals surface area (Å²) in [6.45, 7) is 4.96. The lowest BCUT2D eigenvalue weighted by molar-refractivity contribution is 0.346. The molecule has 2 rings (SSSR count). The van der Waals surface area contributed by atoms with Gasteiger partial charge >= 0.3 is 0 Å². The summed E-state index contributed by atoms with van der Waals surface area (Å²) in [4.78, 5) is 16.1. The molecule has 0 amide bonds. The Kier molecular flexibility index (Phi) is 4.40. The molecule has 0 fully saturated rings. The summed E-state index contributed by atoms with van der Waals surface area (Å²) in [5, 5.41) is 3.27. The maximum atomic E-state index is 11.9. The maximum Gasteiger partial charge on any atom is 0.299 e. The first-order chi connectivity index (χ1) is 9.60. The lowest BCUT2D eigenvalue weighted by Gasteiger charge is -2.12. The van der Waals surface area contributed by atoms with Gasteiger partial charge in [-0.05, 0) is 26.0 Å². The molecule has 0 aliphatic carbocycles. The summed E-state index contributed by atoms with van der Waals surface area (Å²) < 4.78 is 6.67. The van der Waals surface area contributed by atoms with Crippen LogP contribution in [0.4, 0.5) is 5.69 Å². The second-order valence-electron chi connectivity index (χ2n) is 4.67. The van der Waals surface area contributed by atoms with Crippen molar-refractivity contribution in [1.29, 1.82) is 0 Å². The average molecular weight is 273 g/mol. The molecule has 0 aliphatic heterocycles. The number of rotatable bonds is 5. The van der Waals surface area contributed by atoms with Gasteiger partial charge in [-0.2, -0.15) is 0 Å². The molecule has 20 heavy (non-hydrogen) atoms. The third-order valence-corrected chi connectivity index (χ3v) is 3.00. The highest BCUT2D eigenvalue weighted by atomic mass is 16.5. The van der Waals surface area contributed by atoms with E-state index >= 15 is 0 Å². The fourth-order valence-corrected chi connectivity index (χ4v) is 1.94. The number of methoxy groups -OCH3 is 1. The summed E-state index contributed by atoms with van der Waals surface area (Å²) in [7, 11) is 1.52. The van der Waals surface area contributed by atoms with E-state index in [9.17, 15) is 4.79 Å². The lowest BCUT2D eigenvalue weighted by atomic mass is 10.2. The van der Waals surface area contributed by atoms with Gasteiger partial charge in [-0.3, -0.25) is 9.36 Å². The predicted octanol–water partition coefficient (Wildman–Crippen LogP) is 1.98. The molecule has 5 heteroatoms. The second-order valence-corrected chi connectivity index (χ2v) is 4.67. The topological polar surface area (TPSA) is 56.1 Å². The molecular weight excluding hydrogens is 254 g/mol. The highest BCUT2D eigenvalue weighted by Crippen LogP contribution is 2.09. The third kappa shape index (κ3) is 3.38. The number of benzene rings is 1. The molecule has 0 radical (unpaired) electrons. The van der Waals surface area contributed by atoms with Crippen LogP contribution in [0.15, 0.2) is 35.1 Å². The highest BCUT2D eigenvalue weighted by Gasteiger charge is 2.06. The molecule has 1 aromatic heterocycles. The van der Waals surface area contributed by atoms with Gasteiger partial charge in [0, 0.05) is 30.5 Å². The van der Waals surface area contributed by atoms with E-state index in [1.807, 2.05) is 31.2 Å². The van der Waals surface area contributed by atoms with Gasteiger partial charge in [-0.15, -0.1) is 0 Å². The number of hydrogen-bond donors (Lipinski definition) is 1. The number of aromatic nitrogens is 2. The Morgan fingerprint density at radius 2 is 1.95 bits per heavy atom. The Labute approximate surface area is 118 Å². The van der Waals surface area contributed by atoms with Gasteiger partial charge in [0.25, 0.3) is 11.6 Å². The van der Waals surface area contributed by atoms with Gasteiger partial charge in [0.2, 0.25) is 0 Å². The molecule has 1 aromatic carbocycles. The smallest absolute Gasteiger partial charge is 0.299 e. The number of hydrogen-bond acceptors (Lipinski definition) is 4. The van der Waals surface area contributed by atoms with Crippen LogP contribution in [0, 0.1) is 13.8 Å². The monoisotopic (exact) mass is 273 g/mol. The molecule has 0 aliphatic rings. The number of ether oxygens (including phenoxy) is 1. The van der Waals surface area contributed by atoms with E-state index in [1.165, 1.54) is 23.3 Å². The minimum atomic E-state index is -0.0972. The molecule has 0 unspecified atom stereocenters. The number of nitrogens with zero attached hydrogens (tertiary/aromatic N) is 2. The molecule has 106 valence electrons. The Bertz CT molecular complexity index is 633. The van der Waals surface area contributed by atoms with Crippen LogP contribution < -0.4 is 15.6 Å². The number of nitrogens with one attached hydrogen (secondary N) is 1. The third-order valence-electron chi connectivity index (χ3n) is 3.00. The van der Waals surface area contributed by atoms with Crippen molar-refractivity contribution in [3.05, 3.63) is 51.9 Å². The lowest BCUT2D eigenvalue weighted by Crippen LogP contribution is -2.25. The largest absolute Gasteiger partial charge is 0.468 e. The van der Waals surface area contributed by atoms with E-state index in [0.29, 0.717) is 24.8 Å². The highest BCUT2D eigenvalue weighted by molar-refractivity contribution is 5.44. The van der Waals surface area contributed by atoms with E-state index in [2.05, 4.69) is 10.3 Å². The summed E-state index contributed by atoms with van der Waals surface area (Å²) in [5.74, 6) is 0. The molecule has 0 spiro atoms. The van der Waals surface area contributed by atoms with E-state index in [0.717, 1.165) is 5.69 Å². The van der Waals surface area contributed by atoms with E-state index in [4.69, 9.17) is 4.74 Å². The van der Waals surface area contributed by atoms with E-state index in [-0.39, 0.29) is 5.56 Å². The van der Waals surface area contributed by atoms with Gasteiger partial charge in [-0.1, -0.05) is 17.7 Å². The second kappa shape index (κ2) is 6.23. The van der Waals surface area contributed by atoms with Gasteiger partial charge in [-0.25, -0.2) is 4.98 Å². The van der Waals surface area contributed by atoms with Crippen LogP contribution in [0.25, 0.3) is 0 Å². The predicted molar refractivity (Wildman–Crippen MR) is 79.5 cm³/mol. The molecule has 1 heterocycles. The standard InChI is InChI=1S/C15H19N3O2/c1-11-4-6-13(7-5-11)16-8-9-18-14(19)10-12(2)17-15(18)20-3/h4-7,10,16H,8-9H2,1-3H3. The van der Waals surface area contributed by atoms with Gasteiger partial charge in [0.1, 0.15) is 0 Å². The van der Waals surface area contributed by atoms with Crippen LogP contribution in [-0.4, -0.2) is 23.2 Å². The van der Waals surface area contributed by atoms with Crippen LogP contribution >= 0.6 is 0 Å². The van der Waals surface area contributed by atoms with Gasteiger partial charge in [0.05, 0.1) is 7.11 Å². The minimum Gasteiger partial charge on any atom is -0.468 e. The van der Waals surface area contributed by atoms with Crippen molar-refractivity contribution in [2.45, 2.75) is 20.4 Å². The molecular formula is C15H19N3O2. The van der Waals surface area contributed by atoms with Crippen molar-refractivity contribution in [3.63, 3.8) is 0 Å². The van der Waals surface area contributed by atoms with Crippen molar-refractivity contribution in [2.24, 2.45) is 0 Å². The summed E-state index contributed by atoms with van der Waals surface area (Å²) in [6, 6.07) is 9.98. The zero-order valence-corrected chi connectivity index (χ0v) is 12.0. The van der Waals surface area contributed by atoms with Gasteiger partial charge in [0.15, 0.2) is 0 Å². The van der Waals surface area contributed by atoms with E-state index in [1.54, 1.807) is 6.92 Å². The van der Waals surface area contributed by atoms with Crippen molar-refractivity contribution in [3.8, 4) is 6.01 Å². The van der Waals surface area contributed by atoms with Crippen LogP contribution in [0.5, 0.6) is 6.01 Å². The Hall–Kier alpha value is -2.30. The first kappa shape index (κ1) is 14.1. The minimum absolute atomic E-state index is 0.0972. The summed E-state index contributed by atoms with van der Waals surface area (Å²) in [5.41, 5.74) is 2.81. The van der Waals surface area contributed by atoms with Crippen LogP contribution in [0.2, 0.25) is 0 Å². The average Bonchev–Trinajstić information content (AvgIpc) is 2.42. The number of aryl methyl sites for hydroxylation is 2. The molecule has 2 aromatic rings. The fraction of sp³-hybridized carbons (Fsp3) is 0.333. The van der Waals surface area contributed by atoms with Crippen LogP contribution in [-0.2, 0) is 6.54 Å². The zero-order chi connectivity index (χ0) is 14.5. The van der Waals surface area contributed by atoms with Crippen molar-refractivity contribution in [2.75, 3.05) is 19.0 Å². The van der Waals surface area contributed by atoms with Crippen molar-refractivity contribution < 1.29 is 4.74 Å². The van der Waals surface area contributed by atoms with Crippen LogP contribution in [0.3, 0.4) is 0 Å². The molecule has 0 bridgehead atoms. The molecule has 0 saturated carbocycles. The molecule has 0 atom stereocenters. The Morgan fingerprint density at radius 3 is 2.60 bits per heavy atom. The first-order valence-corrected chi connectivity index (χ1v) is 6.53. The summed E-state index contributed by atoms with van der Waals surface area (Å²) >= 11 is 0. The van der Waals surface area contributed by atoms with Crippen molar-refractivity contribution in [1.82, 2.24) is 9.55 Å². The maximum absolute atomic E-state index is 11.9. The normalized spacial score (nSPS) is 10.3. The first-order valence-electron chi connectivity index (χ1n) is 6.53. The van der Waals surface area contributed by atoms with Gasteiger partial charge < -0.3 is 10.1 Å². The Balaban J connectivity index is 2.04. The SMILES string of the molecule is COc1nc(C)cc(=O)n1CCNc1ccc(C)cc1. The van der Waals surface area contributed by atoms with E-state index < -0.39 is 0 Å². The quantitative estimate of drug-likeness (QED) is 0.905. The Morgan fingerprint density at radius 1 is 1.25 bits per heavy atom. The zero-order valence-electron chi connectivity index (χ0n) is 12.0. The number of anilines is 1. The molecule has 1 N–H and O–H groups in total. The fourth-order valence-electron chi connectivity index (χ4n) is 1.94.